The molecule has 2 aromatic carbocycles. The van der Waals surface area contributed by atoms with E-state index in [1.54, 1.807) is 19.2 Å². The third-order valence-electron chi connectivity index (χ3n) is 2.23. The summed E-state index contributed by atoms with van der Waals surface area (Å²) in [5, 5.41) is 8.81. The van der Waals surface area contributed by atoms with Gasteiger partial charge >= 0.3 is 23.1 Å². The first kappa shape index (κ1) is 27.0. The third-order valence-corrected chi connectivity index (χ3v) is 2.23. The lowest BCUT2D eigenvalue weighted by molar-refractivity contribution is 0.414. The number of hydrogen-bond acceptors (Lipinski definition) is 6. The lowest BCUT2D eigenvalue weighted by Crippen LogP contribution is -1.81. The van der Waals surface area contributed by atoms with Crippen LogP contribution in [0.1, 0.15) is 11.1 Å². The number of benzene rings is 2. The summed E-state index contributed by atoms with van der Waals surface area (Å²) in [6.45, 7) is 3.99. The molecule has 1 N–H and O–H groups in total. The number of halogens is 1. The molecule has 0 amide bonds. The first-order valence-electron chi connectivity index (χ1n) is 6.15. The molecule has 2 rings (SSSR count). The van der Waals surface area contributed by atoms with Crippen LogP contribution in [0, 0.1) is 13.8 Å². The molecule has 0 saturated heterocycles. The highest BCUT2D eigenvalue weighted by Crippen LogP contribution is 2.10. The van der Waals surface area contributed by atoms with E-state index >= 15 is 0 Å². The quantitative estimate of drug-likeness (QED) is 0.734. The Morgan fingerprint density at radius 1 is 0.833 bits per heavy atom. The van der Waals surface area contributed by atoms with Gasteiger partial charge in [-0.1, -0.05) is 24.3 Å². The van der Waals surface area contributed by atoms with Gasteiger partial charge in [0.05, 0.1) is 7.11 Å². The SMILES string of the molecule is Br.COc1cccc(C)c1.Cc1cccc(O)c1.O=S=O.O=S=O. The van der Waals surface area contributed by atoms with Crippen LogP contribution in [0.5, 0.6) is 11.5 Å². The van der Waals surface area contributed by atoms with Gasteiger partial charge in [0.2, 0.25) is 0 Å². The molecule has 0 unspecified atom stereocenters. The predicted octanol–water partition coefficient (Wildman–Crippen LogP) is 2.94. The minimum atomic E-state index is -0.750. The average Bonchev–Trinajstić information content (AvgIpc) is 2.49. The van der Waals surface area contributed by atoms with Crippen molar-refractivity contribution in [1.29, 1.82) is 0 Å². The second-order valence-corrected chi connectivity index (χ2v) is 4.27. The topological polar surface area (TPSA) is 97.7 Å². The molecule has 6 nitrogen and oxygen atoms in total. The van der Waals surface area contributed by atoms with Crippen molar-refractivity contribution < 1.29 is 26.7 Å². The van der Waals surface area contributed by atoms with Crippen molar-refractivity contribution in [3.05, 3.63) is 59.7 Å². The Kier molecular flexibility index (Phi) is 21.6. The van der Waals surface area contributed by atoms with Crippen LogP contribution in [0.2, 0.25) is 0 Å². The summed E-state index contributed by atoms with van der Waals surface area (Å²) >= 11 is -1.50. The van der Waals surface area contributed by atoms with E-state index in [1.165, 1.54) is 5.56 Å². The molecule has 0 aliphatic carbocycles. The van der Waals surface area contributed by atoms with Gasteiger partial charge in [0.15, 0.2) is 0 Å². The summed E-state index contributed by atoms with van der Waals surface area (Å²) in [6, 6.07) is 15.1. The molecule has 0 atom stereocenters. The van der Waals surface area contributed by atoms with Crippen LogP contribution in [0.4, 0.5) is 0 Å². The smallest absolute Gasteiger partial charge is 0.335 e. The van der Waals surface area contributed by atoms with Crippen LogP contribution in [0.3, 0.4) is 0 Å². The van der Waals surface area contributed by atoms with Crippen molar-refractivity contribution in [1.82, 2.24) is 0 Å². The maximum atomic E-state index is 8.81. The maximum absolute atomic E-state index is 8.81. The Hall–Kier alpha value is -1.84. The molecular formula is C15H19BrO6S2. The lowest BCUT2D eigenvalue weighted by Gasteiger charge is -1.97. The monoisotopic (exact) mass is 438 g/mol. The summed E-state index contributed by atoms with van der Waals surface area (Å²) in [5.41, 5.74) is 2.32. The molecule has 0 spiro atoms. The second kappa shape index (κ2) is 19.2. The standard InChI is InChI=1S/C8H10O.C7H8O.BrH.2O2S/c1-7-4-3-5-8(6-7)9-2;1-6-3-2-4-7(8)5-6;;2*1-3-2/h3-6H,1-2H3;2-5,8H,1H3;1H;;. The molecule has 24 heavy (non-hydrogen) atoms. The normalized spacial score (nSPS) is 7.46. The molecule has 0 aliphatic rings. The van der Waals surface area contributed by atoms with Gasteiger partial charge in [0, 0.05) is 0 Å². The van der Waals surface area contributed by atoms with E-state index in [1.807, 2.05) is 50.2 Å². The minimum absolute atomic E-state index is 0. The summed E-state index contributed by atoms with van der Waals surface area (Å²) in [5.74, 6) is 1.26. The number of phenols is 1. The first-order chi connectivity index (χ1) is 10.9. The molecule has 0 radical (unpaired) electrons. The van der Waals surface area contributed by atoms with Crippen molar-refractivity contribution in [2.75, 3.05) is 7.11 Å². The Morgan fingerprint density at radius 2 is 1.25 bits per heavy atom. The lowest BCUT2D eigenvalue weighted by atomic mass is 10.2. The van der Waals surface area contributed by atoms with Gasteiger partial charge in [-0.15, -0.1) is 17.0 Å². The van der Waals surface area contributed by atoms with E-state index in [2.05, 4.69) is 0 Å². The summed E-state index contributed by atoms with van der Waals surface area (Å²) in [4.78, 5) is 0. The molecule has 0 saturated carbocycles. The molecule has 2 aromatic rings. The molecule has 0 heterocycles. The van der Waals surface area contributed by atoms with E-state index in [0.29, 0.717) is 5.75 Å². The Bertz CT molecular complexity index is 610. The fraction of sp³-hybridized carbons (Fsp3) is 0.200. The minimum Gasteiger partial charge on any atom is -0.508 e. The molecule has 0 aromatic heterocycles. The number of methoxy groups -OCH3 is 1. The maximum Gasteiger partial charge on any atom is 0.335 e. The summed E-state index contributed by atoms with van der Waals surface area (Å²) < 4.78 is 38.2. The van der Waals surface area contributed by atoms with Crippen LogP contribution in [0.15, 0.2) is 48.5 Å². The van der Waals surface area contributed by atoms with E-state index < -0.39 is 23.1 Å². The van der Waals surface area contributed by atoms with E-state index in [9.17, 15) is 0 Å². The second-order valence-electron chi connectivity index (χ2n) is 4.00. The fourth-order valence-electron chi connectivity index (χ4n) is 1.37. The molecule has 0 aliphatic heterocycles. The highest BCUT2D eigenvalue weighted by atomic mass is 79.9. The van der Waals surface area contributed by atoms with Crippen LogP contribution in [0.25, 0.3) is 0 Å². The van der Waals surface area contributed by atoms with Crippen LogP contribution < -0.4 is 4.74 Å². The number of phenolic OH excluding ortho intramolecular Hbond substituents is 1. The zero-order valence-electron chi connectivity index (χ0n) is 13.3. The molecule has 9 heteroatoms. The Morgan fingerprint density at radius 3 is 1.50 bits per heavy atom. The van der Waals surface area contributed by atoms with Crippen molar-refractivity contribution >= 4 is 40.1 Å². The average molecular weight is 439 g/mol. The predicted molar refractivity (Wildman–Crippen MR) is 98.7 cm³/mol. The summed E-state index contributed by atoms with van der Waals surface area (Å²) in [6.07, 6.45) is 0. The summed E-state index contributed by atoms with van der Waals surface area (Å²) in [7, 11) is 1.68. The van der Waals surface area contributed by atoms with Gasteiger partial charge in [-0.25, -0.2) is 0 Å². The Balaban J connectivity index is -0.000000271. The largest absolute Gasteiger partial charge is 0.508 e. The van der Waals surface area contributed by atoms with Gasteiger partial charge in [-0.05, 0) is 49.2 Å². The third kappa shape index (κ3) is 18.2. The van der Waals surface area contributed by atoms with Crippen LogP contribution in [-0.4, -0.2) is 29.1 Å². The molecular weight excluding hydrogens is 420 g/mol. The van der Waals surface area contributed by atoms with Gasteiger partial charge in [-0.2, -0.15) is 16.8 Å². The van der Waals surface area contributed by atoms with Gasteiger partial charge < -0.3 is 9.84 Å². The van der Waals surface area contributed by atoms with Gasteiger partial charge in [-0.3, -0.25) is 0 Å². The number of hydrogen-bond donors (Lipinski definition) is 1. The first-order valence-corrected chi connectivity index (χ1v) is 7.48. The van der Waals surface area contributed by atoms with Crippen molar-refractivity contribution in [2.24, 2.45) is 0 Å². The Labute approximate surface area is 158 Å². The molecule has 0 bridgehead atoms. The van der Waals surface area contributed by atoms with Crippen LogP contribution in [-0.2, 0) is 23.1 Å². The van der Waals surface area contributed by atoms with Gasteiger partial charge in [0.25, 0.3) is 0 Å². The van der Waals surface area contributed by atoms with E-state index in [4.69, 9.17) is 26.7 Å². The van der Waals surface area contributed by atoms with Crippen molar-refractivity contribution in [3.63, 3.8) is 0 Å². The number of aryl methyl sites for hydroxylation is 2. The van der Waals surface area contributed by atoms with E-state index in [0.717, 1.165) is 11.3 Å². The highest BCUT2D eigenvalue weighted by Gasteiger charge is 1.86. The fourth-order valence-corrected chi connectivity index (χ4v) is 1.37. The highest BCUT2D eigenvalue weighted by molar-refractivity contribution is 8.93. The number of aromatic hydroxyl groups is 1. The zero-order valence-corrected chi connectivity index (χ0v) is 16.7. The molecule has 134 valence electrons. The number of ether oxygens (including phenoxy) is 1. The number of rotatable bonds is 1. The zero-order chi connectivity index (χ0) is 18.1. The van der Waals surface area contributed by atoms with Gasteiger partial charge in [0.1, 0.15) is 11.5 Å². The van der Waals surface area contributed by atoms with Crippen molar-refractivity contribution in [3.8, 4) is 11.5 Å². The van der Waals surface area contributed by atoms with Crippen molar-refractivity contribution in [2.45, 2.75) is 13.8 Å². The molecule has 0 fully saturated rings. The van der Waals surface area contributed by atoms with Crippen LogP contribution >= 0.6 is 17.0 Å². The van der Waals surface area contributed by atoms with E-state index in [-0.39, 0.29) is 17.0 Å².